The molecule has 0 bridgehead atoms. The van der Waals surface area contributed by atoms with Gasteiger partial charge in [-0.3, -0.25) is 0 Å². The summed E-state index contributed by atoms with van der Waals surface area (Å²) in [6.07, 6.45) is 0. The van der Waals surface area contributed by atoms with Gasteiger partial charge in [0.1, 0.15) is 11.2 Å². The molecule has 3 heteroatoms. The average molecular weight is 777 g/mol. The summed E-state index contributed by atoms with van der Waals surface area (Å²) in [5.41, 5.74) is 13.4. The molecule has 284 valence electrons. The van der Waals surface area contributed by atoms with Gasteiger partial charge in [0.15, 0.2) is 5.82 Å². The Labute approximate surface area is 352 Å². The number of nitrogens with zero attached hydrogens (tertiary/aromatic N) is 2. The van der Waals surface area contributed by atoms with Crippen molar-refractivity contribution in [2.45, 2.75) is 0 Å². The molecule has 0 aliphatic rings. The van der Waals surface area contributed by atoms with Gasteiger partial charge in [-0.1, -0.05) is 188 Å². The molecule has 0 radical (unpaired) electrons. The molecule has 3 nitrogen and oxygen atoms in total. The van der Waals surface area contributed by atoms with Crippen molar-refractivity contribution in [2.24, 2.45) is 0 Å². The molecule has 2 aromatic heterocycles. The van der Waals surface area contributed by atoms with E-state index in [1.165, 1.54) is 43.4 Å². The third-order valence-electron chi connectivity index (χ3n) is 12.1. The fraction of sp³-hybridized carbons (Fsp3) is 0. The smallest absolute Gasteiger partial charge is 0.160 e. The van der Waals surface area contributed by atoms with Crippen molar-refractivity contribution in [3.8, 4) is 67.3 Å². The third kappa shape index (κ3) is 6.06. The van der Waals surface area contributed by atoms with Gasteiger partial charge < -0.3 is 4.42 Å². The predicted molar refractivity (Wildman–Crippen MR) is 254 cm³/mol. The van der Waals surface area contributed by atoms with Crippen LogP contribution >= 0.6 is 0 Å². The van der Waals surface area contributed by atoms with Crippen molar-refractivity contribution in [1.82, 2.24) is 9.97 Å². The van der Waals surface area contributed by atoms with Crippen LogP contribution in [-0.2, 0) is 0 Å². The van der Waals surface area contributed by atoms with Crippen LogP contribution in [0.5, 0.6) is 0 Å². The number of benzene rings is 10. The van der Waals surface area contributed by atoms with E-state index < -0.39 is 0 Å². The van der Waals surface area contributed by atoms with E-state index in [9.17, 15) is 0 Å². The molecule has 0 atom stereocenters. The number of para-hydroxylation sites is 1. The van der Waals surface area contributed by atoms with Gasteiger partial charge in [-0.05, 0) is 96.0 Å². The molecule has 0 unspecified atom stereocenters. The van der Waals surface area contributed by atoms with Gasteiger partial charge >= 0.3 is 0 Å². The van der Waals surface area contributed by atoms with Crippen LogP contribution in [0.1, 0.15) is 0 Å². The predicted octanol–water partition coefficient (Wildman–Crippen LogP) is 15.8. The summed E-state index contributed by atoms with van der Waals surface area (Å²) in [6, 6.07) is 77.6. The summed E-state index contributed by atoms with van der Waals surface area (Å²) in [7, 11) is 0. The van der Waals surface area contributed by atoms with Gasteiger partial charge in [-0.15, -0.1) is 0 Å². The second-order valence-electron chi connectivity index (χ2n) is 15.7. The van der Waals surface area contributed by atoms with E-state index in [0.29, 0.717) is 5.82 Å². The van der Waals surface area contributed by atoms with Crippen LogP contribution in [0.2, 0.25) is 0 Å². The zero-order valence-corrected chi connectivity index (χ0v) is 33.1. The number of fused-ring (bicyclic) bond motifs is 7. The number of furan rings is 1. The van der Waals surface area contributed by atoms with Crippen LogP contribution in [0.3, 0.4) is 0 Å². The highest BCUT2D eigenvalue weighted by Crippen LogP contribution is 2.41. The quantitative estimate of drug-likeness (QED) is 0.125. The zero-order valence-electron chi connectivity index (χ0n) is 33.1. The summed E-state index contributed by atoms with van der Waals surface area (Å²) in [5, 5.41) is 9.66. The van der Waals surface area contributed by atoms with Crippen LogP contribution in [0.4, 0.5) is 0 Å². The molecule has 12 rings (SSSR count). The first-order chi connectivity index (χ1) is 30.2. The number of hydrogen-bond donors (Lipinski definition) is 0. The molecule has 12 aromatic rings. The van der Waals surface area contributed by atoms with E-state index in [0.717, 1.165) is 72.3 Å². The molecule has 2 heterocycles. The van der Waals surface area contributed by atoms with Crippen LogP contribution in [0.25, 0.3) is 122 Å². The molecule has 61 heavy (non-hydrogen) atoms. The standard InChI is InChI=1S/C58H36N2O/c1-2-12-37(13-3-1)38-22-24-40(25-23-38)53-36-54(48-19-9-8-17-46(48)44-31-33-56-52(35-44)49-20-10-11-21-55(49)61-56)60-58(59-53)42-28-26-41(27-29-42)57-47-18-7-5-15-43(47)34-51-45-16-6-4-14-39(45)30-32-50(51)57/h1-36H. The number of hydrogen-bond acceptors (Lipinski definition) is 3. The van der Waals surface area contributed by atoms with Crippen molar-refractivity contribution in [3.63, 3.8) is 0 Å². The first kappa shape index (κ1) is 34.9. The maximum Gasteiger partial charge on any atom is 0.160 e. The Bertz CT molecular complexity index is 3620. The highest BCUT2D eigenvalue weighted by molar-refractivity contribution is 6.20. The minimum atomic E-state index is 0.672. The Balaban J connectivity index is 1.01. The van der Waals surface area contributed by atoms with E-state index in [2.05, 4.69) is 200 Å². The van der Waals surface area contributed by atoms with E-state index in [4.69, 9.17) is 14.4 Å². The molecule has 0 saturated carbocycles. The Morgan fingerprint density at radius 3 is 1.70 bits per heavy atom. The summed E-state index contributed by atoms with van der Waals surface area (Å²) in [6.45, 7) is 0. The van der Waals surface area contributed by atoms with Crippen LogP contribution in [0, 0.1) is 0 Å². The second kappa shape index (κ2) is 14.3. The highest BCUT2D eigenvalue weighted by atomic mass is 16.3. The van der Waals surface area contributed by atoms with Gasteiger partial charge in [0.25, 0.3) is 0 Å². The molecule has 0 fully saturated rings. The maximum atomic E-state index is 6.20. The molecule has 0 saturated heterocycles. The Kier molecular flexibility index (Phi) is 8.17. The topological polar surface area (TPSA) is 38.9 Å². The van der Waals surface area contributed by atoms with Crippen LogP contribution < -0.4 is 0 Å². The third-order valence-corrected chi connectivity index (χ3v) is 12.1. The summed E-state index contributed by atoms with van der Waals surface area (Å²) >= 11 is 0. The lowest BCUT2D eigenvalue weighted by atomic mass is 9.89. The van der Waals surface area contributed by atoms with Crippen molar-refractivity contribution < 1.29 is 4.42 Å². The number of aromatic nitrogens is 2. The lowest BCUT2D eigenvalue weighted by molar-refractivity contribution is 0.669. The average Bonchev–Trinajstić information content (AvgIpc) is 3.71. The number of rotatable bonds is 6. The molecule has 0 aliphatic heterocycles. The van der Waals surface area contributed by atoms with E-state index in [1.807, 2.05) is 18.2 Å². The van der Waals surface area contributed by atoms with E-state index >= 15 is 0 Å². The highest BCUT2D eigenvalue weighted by Gasteiger charge is 2.17. The first-order valence-corrected chi connectivity index (χ1v) is 20.7. The molecule has 0 aliphatic carbocycles. The van der Waals surface area contributed by atoms with Crippen molar-refractivity contribution in [1.29, 1.82) is 0 Å². The van der Waals surface area contributed by atoms with Gasteiger partial charge in [-0.25, -0.2) is 9.97 Å². The molecule has 0 amide bonds. The van der Waals surface area contributed by atoms with Crippen molar-refractivity contribution in [2.75, 3.05) is 0 Å². The van der Waals surface area contributed by atoms with Gasteiger partial charge in [-0.2, -0.15) is 0 Å². The minimum Gasteiger partial charge on any atom is -0.456 e. The largest absolute Gasteiger partial charge is 0.456 e. The monoisotopic (exact) mass is 776 g/mol. The van der Waals surface area contributed by atoms with Gasteiger partial charge in [0, 0.05) is 27.5 Å². The van der Waals surface area contributed by atoms with Gasteiger partial charge in [0.2, 0.25) is 0 Å². The lowest BCUT2D eigenvalue weighted by Crippen LogP contribution is -1.97. The lowest BCUT2D eigenvalue weighted by Gasteiger charge is -2.15. The second-order valence-corrected chi connectivity index (χ2v) is 15.7. The molecular weight excluding hydrogens is 741 g/mol. The Hall–Kier alpha value is -8.14. The SMILES string of the molecule is c1ccc(-c2ccc(-c3cc(-c4ccccc4-c4ccc5oc6ccccc6c5c4)nc(-c4ccc(-c5c6ccccc6cc6c5ccc5ccccc56)cc4)n3)cc2)cc1. The Morgan fingerprint density at radius 2 is 0.869 bits per heavy atom. The van der Waals surface area contributed by atoms with Gasteiger partial charge in [0.05, 0.1) is 11.4 Å². The zero-order chi connectivity index (χ0) is 40.3. The normalized spacial score (nSPS) is 11.6. The van der Waals surface area contributed by atoms with Crippen molar-refractivity contribution in [3.05, 3.63) is 218 Å². The van der Waals surface area contributed by atoms with Crippen LogP contribution in [0.15, 0.2) is 223 Å². The first-order valence-electron chi connectivity index (χ1n) is 20.7. The fourth-order valence-corrected chi connectivity index (χ4v) is 9.10. The molecule has 0 spiro atoms. The Morgan fingerprint density at radius 1 is 0.279 bits per heavy atom. The minimum absolute atomic E-state index is 0.672. The summed E-state index contributed by atoms with van der Waals surface area (Å²) < 4.78 is 6.20. The van der Waals surface area contributed by atoms with E-state index in [1.54, 1.807) is 0 Å². The summed E-state index contributed by atoms with van der Waals surface area (Å²) in [4.78, 5) is 10.6. The van der Waals surface area contributed by atoms with E-state index in [-0.39, 0.29) is 0 Å². The maximum absolute atomic E-state index is 6.20. The van der Waals surface area contributed by atoms with Crippen LogP contribution in [-0.4, -0.2) is 9.97 Å². The summed E-state index contributed by atoms with van der Waals surface area (Å²) in [5.74, 6) is 0.672. The molecule has 10 aromatic carbocycles. The molecule has 0 N–H and O–H groups in total. The molecular formula is C58H36N2O. The van der Waals surface area contributed by atoms with Crippen molar-refractivity contribution >= 4 is 54.3 Å². The fourth-order valence-electron chi connectivity index (χ4n) is 9.10.